The number of ether oxygens (including phenoxy) is 1. The molecule has 1 aliphatic rings. The fourth-order valence-corrected chi connectivity index (χ4v) is 4.26. The van der Waals surface area contributed by atoms with Gasteiger partial charge in [0.2, 0.25) is 0 Å². The summed E-state index contributed by atoms with van der Waals surface area (Å²) in [7, 11) is 1.64. The third kappa shape index (κ3) is 5.86. The van der Waals surface area contributed by atoms with Crippen LogP contribution in [-0.2, 0) is 11.2 Å². The van der Waals surface area contributed by atoms with Crippen LogP contribution in [0.25, 0.3) is 10.9 Å². The highest BCUT2D eigenvalue weighted by atomic mass is 35.5. The molecule has 2 aromatic rings. The smallest absolute Gasteiger partial charge is 0.303 e. The largest absolute Gasteiger partial charge is 0.497 e. The summed E-state index contributed by atoms with van der Waals surface area (Å²) in [6.45, 7) is 1.78. The molecule has 1 aromatic heterocycles. The average Bonchev–Trinajstić information content (AvgIpc) is 2.63. The third-order valence-corrected chi connectivity index (χ3v) is 5.78. The van der Waals surface area contributed by atoms with Crippen molar-refractivity contribution in [2.45, 2.75) is 38.5 Å². The summed E-state index contributed by atoms with van der Waals surface area (Å²) in [5.41, 5.74) is 1.85. The van der Waals surface area contributed by atoms with Crippen molar-refractivity contribution in [3.63, 3.8) is 0 Å². The van der Waals surface area contributed by atoms with E-state index in [1.807, 2.05) is 18.2 Å². The minimum atomic E-state index is -0.705. The second-order valence-electron chi connectivity index (χ2n) is 7.14. The number of rotatable bonds is 7. The number of fused-ring (bicyclic) bond motifs is 1. The maximum Gasteiger partial charge on any atom is 0.303 e. The maximum absolute atomic E-state index is 11.3. The van der Waals surface area contributed by atoms with E-state index >= 15 is 0 Å². The van der Waals surface area contributed by atoms with Gasteiger partial charge in [0, 0.05) is 11.6 Å². The summed E-state index contributed by atoms with van der Waals surface area (Å²) >= 11 is 6.43. The monoisotopic (exact) mass is 448 g/mol. The van der Waals surface area contributed by atoms with Gasteiger partial charge in [0.1, 0.15) is 5.75 Å². The van der Waals surface area contributed by atoms with Gasteiger partial charge in [0.15, 0.2) is 0 Å². The Bertz CT molecular complexity index is 796. The maximum atomic E-state index is 11.3. The van der Waals surface area contributed by atoms with Crippen LogP contribution in [0.4, 0.5) is 0 Å². The standard InChI is InChI=1S/C20H25ClN2O3.2ClH/c1-26-14-4-5-18-16(11-14)15(17(21)13-23-18)3-2-6-20(12-19(24)25)7-9-22-10-8-20;;/h4-5,11,13,22H,2-3,6-10,12H2,1H3,(H,24,25);2*1H. The first kappa shape index (κ1) is 24.8. The number of nitrogens with one attached hydrogen (secondary N) is 1. The van der Waals surface area contributed by atoms with E-state index in [0.29, 0.717) is 5.02 Å². The molecule has 0 radical (unpaired) electrons. The van der Waals surface area contributed by atoms with Gasteiger partial charge in [0.25, 0.3) is 0 Å². The van der Waals surface area contributed by atoms with Crippen molar-refractivity contribution in [1.82, 2.24) is 10.3 Å². The number of hydrogen-bond acceptors (Lipinski definition) is 4. The number of piperidine rings is 1. The highest BCUT2D eigenvalue weighted by molar-refractivity contribution is 6.32. The Hall–Kier alpha value is -1.27. The lowest BCUT2D eigenvalue weighted by atomic mass is 9.72. The topological polar surface area (TPSA) is 71.5 Å². The molecule has 1 aromatic carbocycles. The van der Waals surface area contributed by atoms with Crippen molar-refractivity contribution in [2.75, 3.05) is 20.2 Å². The van der Waals surface area contributed by atoms with Gasteiger partial charge in [-0.05, 0) is 74.4 Å². The summed E-state index contributed by atoms with van der Waals surface area (Å²) in [6, 6.07) is 5.80. The van der Waals surface area contributed by atoms with Crippen LogP contribution in [0, 0.1) is 5.41 Å². The summed E-state index contributed by atoms with van der Waals surface area (Å²) in [6.07, 6.45) is 6.38. The molecule has 1 aliphatic heterocycles. The lowest BCUT2D eigenvalue weighted by Crippen LogP contribution is -2.38. The zero-order chi connectivity index (χ0) is 18.6. The van der Waals surface area contributed by atoms with Crippen LogP contribution in [0.2, 0.25) is 5.02 Å². The molecule has 5 nitrogen and oxygen atoms in total. The second kappa shape index (κ2) is 11.1. The fourth-order valence-electron chi connectivity index (χ4n) is 4.02. The zero-order valence-electron chi connectivity index (χ0n) is 15.9. The van der Waals surface area contributed by atoms with Gasteiger partial charge in [-0.25, -0.2) is 0 Å². The molecule has 2 heterocycles. The summed E-state index contributed by atoms with van der Waals surface area (Å²) in [4.78, 5) is 15.7. The lowest BCUT2D eigenvalue weighted by molar-refractivity contribution is -0.140. The lowest BCUT2D eigenvalue weighted by Gasteiger charge is -2.36. The SMILES string of the molecule is COc1ccc2ncc(Cl)c(CCCC3(CC(=O)O)CCNCC3)c2c1.Cl.Cl. The molecule has 0 spiro atoms. The molecule has 1 saturated heterocycles. The van der Waals surface area contributed by atoms with E-state index in [-0.39, 0.29) is 36.6 Å². The van der Waals surface area contributed by atoms with Crippen molar-refractivity contribution >= 4 is 53.3 Å². The first-order valence-corrected chi connectivity index (χ1v) is 9.44. The van der Waals surface area contributed by atoms with Gasteiger partial charge in [-0.2, -0.15) is 0 Å². The molecule has 8 heteroatoms. The molecule has 1 fully saturated rings. The van der Waals surface area contributed by atoms with Crippen molar-refractivity contribution < 1.29 is 14.6 Å². The highest BCUT2D eigenvalue weighted by Gasteiger charge is 2.33. The Kier molecular flexibility index (Phi) is 9.78. The molecular formula is C20H27Cl3N2O3. The first-order valence-electron chi connectivity index (χ1n) is 9.07. The first-order chi connectivity index (χ1) is 12.5. The summed E-state index contributed by atoms with van der Waals surface area (Å²) < 4.78 is 5.33. The number of hydrogen-bond donors (Lipinski definition) is 2. The molecular weight excluding hydrogens is 423 g/mol. The van der Waals surface area contributed by atoms with Crippen LogP contribution in [0.15, 0.2) is 24.4 Å². The Morgan fingerprint density at radius 3 is 2.68 bits per heavy atom. The molecule has 28 heavy (non-hydrogen) atoms. The molecule has 0 unspecified atom stereocenters. The Morgan fingerprint density at radius 1 is 1.32 bits per heavy atom. The van der Waals surface area contributed by atoms with Crippen LogP contribution < -0.4 is 10.1 Å². The molecule has 0 saturated carbocycles. The second-order valence-corrected chi connectivity index (χ2v) is 7.55. The van der Waals surface area contributed by atoms with Crippen molar-refractivity contribution in [3.8, 4) is 5.75 Å². The van der Waals surface area contributed by atoms with E-state index in [1.54, 1.807) is 13.3 Å². The van der Waals surface area contributed by atoms with E-state index in [4.69, 9.17) is 16.3 Å². The molecule has 156 valence electrons. The number of aromatic nitrogens is 1. The van der Waals surface area contributed by atoms with Gasteiger partial charge >= 0.3 is 5.97 Å². The fraction of sp³-hybridized carbons (Fsp3) is 0.500. The third-order valence-electron chi connectivity index (χ3n) is 5.46. The molecule has 0 aliphatic carbocycles. The number of halogens is 3. The number of pyridine rings is 1. The zero-order valence-corrected chi connectivity index (χ0v) is 18.3. The number of aliphatic carboxylic acids is 1. The average molecular weight is 450 g/mol. The number of aryl methyl sites for hydroxylation is 1. The molecule has 2 N–H and O–H groups in total. The van der Waals surface area contributed by atoms with Crippen LogP contribution in [-0.4, -0.2) is 36.3 Å². The van der Waals surface area contributed by atoms with E-state index in [1.165, 1.54) is 0 Å². The predicted octanol–water partition coefficient (Wildman–Crippen LogP) is 4.91. The van der Waals surface area contributed by atoms with Gasteiger partial charge in [-0.15, -0.1) is 24.8 Å². The van der Waals surface area contributed by atoms with Gasteiger partial charge in [0.05, 0.1) is 24.1 Å². The minimum Gasteiger partial charge on any atom is -0.497 e. The number of carboxylic acids is 1. The normalized spacial score (nSPS) is 15.4. The minimum absolute atomic E-state index is 0. The van der Waals surface area contributed by atoms with Gasteiger partial charge < -0.3 is 15.2 Å². The van der Waals surface area contributed by atoms with E-state index in [9.17, 15) is 9.90 Å². The number of carbonyl (C=O) groups is 1. The van der Waals surface area contributed by atoms with Crippen molar-refractivity contribution in [1.29, 1.82) is 0 Å². The van der Waals surface area contributed by atoms with Gasteiger partial charge in [-0.1, -0.05) is 11.6 Å². The van der Waals surface area contributed by atoms with Crippen LogP contribution in [0.1, 0.15) is 37.7 Å². The summed E-state index contributed by atoms with van der Waals surface area (Å²) in [5.74, 6) is 0.0764. The number of benzene rings is 1. The van der Waals surface area contributed by atoms with Crippen LogP contribution in [0.5, 0.6) is 5.75 Å². The quantitative estimate of drug-likeness (QED) is 0.628. The number of nitrogens with zero attached hydrogens (tertiary/aromatic N) is 1. The highest BCUT2D eigenvalue weighted by Crippen LogP contribution is 2.39. The molecule has 0 bridgehead atoms. The van der Waals surface area contributed by atoms with Gasteiger partial charge in [-0.3, -0.25) is 9.78 Å². The number of carboxylic acid groups (broad SMARTS) is 1. The van der Waals surface area contributed by atoms with Crippen molar-refractivity contribution in [2.24, 2.45) is 5.41 Å². The Morgan fingerprint density at radius 2 is 2.04 bits per heavy atom. The van der Waals surface area contributed by atoms with Crippen LogP contribution >= 0.6 is 36.4 Å². The number of methoxy groups -OCH3 is 1. The molecule has 0 amide bonds. The molecule has 0 atom stereocenters. The van der Waals surface area contributed by atoms with Crippen LogP contribution in [0.3, 0.4) is 0 Å². The molecule has 3 rings (SSSR count). The van der Waals surface area contributed by atoms with E-state index < -0.39 is 5.97 Å². The predicted molar refractivity (Wildman–Crippen MR) is 118 cm³/mol. The van der Waals surface area contributed by atoms with E-state index in [2.05, 4.69) is 10.3 Å². The van der Waals surface area contributed by atoms with Crippen molar-refractivity contribution in [3.05, 3.63) is 35.0 Å². The summed E-state index contributed by atoms with van der Waals surface area (Å²) in [5, 5.41) is 14.3. The Balaban J connectivity index is 0.00000196. The van der Waals surface area contributed by atoms with E-state index in [0.717, 1.165) is 67.4 Å². The Labute approximate surface area is 183 Å².